The Kier molecular flexibility index (Phi) is 5.65. The topological polar surface area (TPSA) is 83.5 Å². The summed E-state index contributed by atoms with van der Waals surface area (Å²) in [4.78, 5) is 11.5. The normalized spacial score (nSPS) is 13.2. The standard InChI is InChI=1S/C17H27NO4S/c1-16(2,3)15(17(4,5)6)12-7-9-13(10-8-12)18-14(19)11-23(20,21)22/h7-10,15H,11H2,1-6H3,(H,18,19)(H,20,21,22). The monoisotopic (exact) mass is 341 g/mol. The molecular formula is C17H27NO4S. The Labute approximate surface area is 139 Å². The first-order valence-electron chi connectivity index (χ1n) is 7.55. The lowest BCUT2D eigenvalue weighted by molar-refractivity contribution is -0.113. The minimum Gasteiger partial charge on any atom is -0.325 e. The molecule has 0 aromatic heterocycles. The van der Waals surface area contributed by atoms with Crippen molar-refractivity contribution in [1.29, 1.82) is 0 Å². The van der Waals surface area contributed by atoms with Crippen molar-refractivity contribution in [1.82, 2.24) is 0 Å². The Morgan fingerprint density at radius 3 is 1.83 bits per heavy atom. The number of hydrogen-bond donors (Lipinski definition) is 2. The fraction of sp³-hybridized carbons (Fsp3) is 0.588. The van der Waals surface area contributed by atoms with Crippen LogP contribution in [0.3, 0.4) is 0 Å². The van der Waals surface area contributed by atoms with Gasteiger partial charge in [0.25, 0.3) is 10.1 Å². The fourth-order valence-electron chi connectivity index (χ4n) is 3.42. The summed E-state index contributed by atoms with van der Waals surface area (Å²) in [5.74, 6) is -1.39. The maximum Gasteiger partial charge on any atom is 0.274 e. The fourth-order valence-corrected chi connectivity index (χ4v) is 3.82. The molecule has 0 radical (unpaired) electrons. The van der Waals surface area contributed by atoms with Crippen molar-refractivity contribution in [2.24, 2.45) is 10.8 Å². The molecule has 0 saturated heterocycles. The van der Waals surface area contributed by atoms with Crippen molar-refractivity contribution in [3.63, 3.8) is 0 Å². The number of amides is 1. The number of hydrogen-bond acceptors (Lipinski definition) is 3. The van der Waals surface area contributed by atoms with Gasteiger partial charge in [-0.3, -0.25) is 9.35 Å². The molecule has 1 amide bonds. The lowest BCUT2D eigenvalue weighted by atomic mass is 9.64. The van der Waals surface area contributed by atoms with Crippen molar-refractivity contribution in [2.45, 2.75) is 47.5 Å². The van der Waals surface area contributed by atoms with E-state index in [1.54, 1.807) is 12.1 Å². The lowest BCUT2D eigenvalue weighted by Crippen LogP contribution is -2.30. The summed E-state index contributed by atoms with van der Waals surface area (Å²) in [6.45, 7) is 13.2. The number of benzene rings is 1. The van der Waals surface area contributed by atoms with Gasteiger partial charge in [0.05, 0.1) is 0 Å². The largest absolute Gasteiger partial charge is 0.325 e. The van der Waals surface area contributed by atoms with Crippen LogP contribution >= 0.6 is 0 Å². The Morgan fingerprint density at radius 2 is 1.48 bits per heavy atom. The highest BCUT2D eigenvalue weighted by Gasteiger charge is 2.35. The van der Waals surface area contributed by atoms with E-state index in [2.05, 4.69) is 46.9 Å². The minimum atomic E-state index is -4.32. The van der Waals surface area contributed by atoms with Crippen LogP contribution in [0.2, 0.25) is 0 Å². The Hall–Kier alpha value is -1.40. The smallest absolute Gasteiger partial charge is 0.274 e. The van der Waals surface area contributed by atoms with Crippen molar-refractivity contribution in [3.05, 3.63) is 29.8 Å². The molecule has 0 bridgehead atoms. The molecule has 23 heavy (non-hydrogen) atoms. The molecule has 130 valence electrons. The van der Waals surface area contributed by atoms with Gasteiger partial charge < -0.3 is 5.32 Å². The van der Waals surface area contributed by atoms with Gasteiger partial charge in [-0.15, -0.1) is 0 Å². The van der Waals surface area contributed by atoms with Crippen molar-refractivity contribution in [2.75, 3.05) is 11.1 Å². The first-order valence-corrected chi connectivity index (χ1v) is 9.16. The van der Waals surface area contributed by atoms with Gasteiger partial charge in [0.15, 0.2) is 5.75 Å². The van der Waals surface area contributed by atoms with Crippen LogP contribution in [0.1, 0.15) is 53.0 Å². The van der Waals surface area contributed by atoms with E-state index in [0.717, 1.165) is 5.56 Å². The predicted octanol–water partition coefficient (Wildman–Crippen LogP) is 3.69. The molecule has 6 heteroatoms. The van der Waals surface area contributed by atoms with Crippen molar-refractivity contribution in [3.8, 4) is 0 Å². The summed E-state index contributed by atoms with van der Waals surface area (Å²) in [6.07, 6.45) is 0. The summed E-state index contributed by atoms with van der Waals surface area (Å²) in [5.41, 5.74) is 1.82. The van der Waals surface area contributed by atoms with E-state index in [-0.39, 0.29) is 10.8 Å². The van der Waals surface area contributed by atoms with E-state index in [4.69, 9.17) is 4.55 Å². The SMILES string of the molecule is CC(C)(C)C(c1ccc(NC(=O)CS(=O)(=O)O)cc1)C(C)(C)C. The molecule has 1 aromatic rings. The average molecular weight is 341 g/mol. The van der Waals surface area contributed by atoms with Crippen LogP contribution in [0.15, 0.2) is 24.3 Å². The van der Waals surface area contributed by atoms with Crippen LogP contribution in [-0.4, -0.2) is 24.6 Å². The number of carbonyl (C=O) groups is 1. The van der Waals surface area contributed by atoms with E-state index < -0.39 is 21.8 Å². The van der Waals surface area contributed by atoms with Gasteiger partial charge in [-0.05, 0) is 34.4 Å². The summed E-state index contributed by atoms with van der Waals surface area (Å²) in [6, 6.07) is 7.40. The first-order chi connectivity index (χ1) is 10.2. The third kappa shape index (κ3) is 6.31. The van der Waals surface area contributed by atoms with Gasteiger partial charge in [0.2, 0.25) is 5.91 Å². The highest BCUT2D eigenvalue weighted by Crippen LogP contribution is 2.47. The molecule has 5 nitrogen and oxygen atoms in total. The van der Waals surface area contributed by atoms with Gasteiger partial charge >= 0.3 is 0 Å². The molecule has 0 atom stereocenters. The van der Waals surface area contributed by atoms with E-state index in [1.807, 2.05) is 12.1 Å². The molecule has 0 fully saturated rings. The number of nitrogens with one attached hydrogen (secondary N) is 1. The summed E-state index contributed by atoms with van der Waals surface area (Å²) in [5, 5.41) is 2.46. The van der Waals surface area contributed by atoms with Gasteiger partial charge in [-0.1, -0.05) is 53.7 Å². The molecule has 1 aromatic carbocycles. The zero-order chi connectivity index (χ0) is 18.1. The summed E-state index contributed by atoms with van der Waals surface area (Å²) >= 11 is 0. The van der Waals surface area contributed by atoms with Crippen LogP contribution < -0.4 is 5.32 Å². The highest BCUT2D eigenvalue weighted by molar-refractivity contribution is 7.86. The van der Waals surface area contributed by atoms with Gasteiger partial charge in [-0.25, -0.2) is 0 Å². The number of rotatable bonds is 4. The Morgan fingerprint density at radius 1 is 1.04 bits per heavy atom. The minimum absolute atomic E-state index is 0.0774. The average Bonchev–Trinajstić information content (AvgIpc) is 2.25. The zero-order valence-corrected chi connectivity index (χ0v) is 15.5. The van der Waals surface area contributed by atoms with Crippen LogP contribution in [0.25, 0.3) is 0 Å². The second-order valence-corrected chi connectivity index (χ2v) is 9.51. The molecule has 0 unspecified atom stereocenters. The maximum absolute atomic E-state index is 11.5. The molecule has 0 aliphatic carbocycles. The second-order valence-electron chi connectivity index (χ2n) is 8.06. The van der Waals surface area contributed by atoms with Crippen molar-refractivity contribution < 1.29 is 17.8 Å². The second kappa shape index (κ2) is 6.61. The molecule has 2 N–H and O–H groups in total. The van der Waals surface area contributed by atoms with Crippen LogP contribution in [0, 0.1) is 10.8 Å². The maximum atomic E-state index is 11.5. The number of anilines is 1. The molecule has 0 aliphatic heterocycles. The van der Waals surface area contributed by atoms with E-state index in [9.17, 15) is 13.2 Å². The molecule has 0 heterocycles. The third-order valence-electron chi connectivity index (χ3n) is 3.57. The molecule has 0 saturated carbocycles. The molecular weight excluding hydrogens is 314 g/mol. The first kappa shape index (κ1) is 19.6. The Bertz CT molecular complexity index is 635. The summed E-state index contributed by atoms with van der Waals surface area (Å²) in [7, 11) is -4.32. The molecule has 0 aliphatic rings. The van der Waals surface area contributed by atoms with E-state index in [1.165, 1.54) is 0 Å². The van der Waals surface area contributed by atoms with Crippen LogP contribution in [0.5, 0.6) is 0 Å². The highest BCUT2D eigenvalue weighted by atomic mass is 32.2. The van der Waals surface area contributed by atoms with Gasteiger partial charge in [0, 0.05) is 5.69 Å². The Balaban J connectivity index is 2.97. The number of carbonyl (C=O) groups excluding carboxylic acids is 1. The van der Waals surface area contributed by atoms with E-state index >= 15 is 0 Å². The zero-order valence-electron chi connectivity index (χ0n) is 14.7. The summed E-state index contributed by atoms with van der Waals surface area (Å²) < 4.78 is 30.1. The van der Waals surface area contributed by atoms with Crippen LogP contribution in [-0.2, 0) is 14.9 Å². The van der Waals surface area contributed by atoms with Gasteiger partial charge in [0.1, 0.15) is 0 Å². The third-order valence-corrected chi connectivity index (χ3v) is 4.20. The van der Waals surface area contributed by atoms with Crippen molar-refractivity contribution >= 4 is 21.7 Å². The lowest BCUT2D eigenvalue weighted by Gasteiger charge is -2.41. The van der Waals surface area contributed by atoms with Crippen LogP contribution in [0.4, 0.5) is 5.69 Å². The van der Waals surface area contributed by atoms with E-state index in [0.29, 0.717) is 11.6 Å². The van der Waals surface area contributed by atoms with Gasteiger partial charge in [-0.2, -0.15) is 8.42 Å². The molecule has 1 rings (SSSR count). The quantitative estimate of drug-likeness (QED) is 0.818. The molecule has 0 spiro atoms. The predicted molar refractivity (Wildman–Crippen MR) is 93.1 cm³/mol.